The summed E-state index contributed by atoms with van der Waals surface area (Å²) in [6.07, 6.45) is 9.35. The molecule has 1 fully saturated rings. The smallest absolute Gasteiger partial charge is 0.138 e. The third-order valence-electron chi connectivity index (χ3n) is 5.73. The van der Waals surface area contributed by atoms with E-state index in [1.807, 2.05) is 18.5 Å². The minimum Gasteiger partial charge on any atom is -0.464 e. The number of furan rings is 1. The molecule has 0 aliphatic carbocycles. The SMILES string of the molecule is c1ccc(C2NCCCC2NC(c2cncnc2)c2cccc3ccoc23)cc1. The van der Waals surface area contributed by atoms with Crippen LogP contribution in [0, 0.1) is 0 Å². The minimum absolute atomic E-state index is 0.0536. The predicted molar refractivity (Wildman–Crippen MR) is 113 cm³/mol. The van der Waals surface area contributed by atoms with Crippen molar-refractivity contribution in [3.8, 4) is 0 Å². The number of fused-ring (bicyclic) bond motifs is 1. The van der Waals surface area contributed by atoms with Gasteiger partial charge in [-0.15, -0.1) is 0 Å². The lowest BCUT2D eigenvalue weighted by molar-refractivity contribution is 0.292. The van der Waals surface area contributed by atoms with Gasteiger partial charge in [-0.05, 0) is 31.0 Å². The van der Waals surface area contributed by atoms with Crippen LogP contribution in [0.2, 0.25) is 0 Å². The Morgan fingerprint density at radius 2 is 1.86 bits per heavy atom. The van der Waals surface area contributed by atoms with Crippen molar-refractivity contribution in [3.05, 3.63) is 96.3 Å². The lowest BCUT2D eigenvalue weighted by atomic mass is 9.90. The number of nitrogens with one attached hydrogen (secondary N) is 2. The Kier molecular flexibility index (Phi) is 5.07. The molecule has 1 aliphatic rings. The number of hydrogen-bond acceptors (Lipinski definition) is 5. The topological polar surface area (TPSA) is 63.0 Å². The summed E-state index contributed by atoms with van der Waals surface area (Å²) in [5.74, 6) is 0. The summed E-state index contributed by atoms with van der Waals surface area (Å²) in [4.78, 5) is 8.54. The Balaban J connectivity index is 1.54. The fraction of sp³-hybridized carbons (Fsp3) is 0.250. The van der Waals surface area contributed by atoms with Gasteiger partial charge >= 0.3 is 0 Å². The predicted octanol–water partition coefficient (Wildman–Crippen LogP) is 4.40. The van der Waals surface area contributed by atoms with E-state index in [4.69, 9.17) is 4.42 Å². The van der Waals surface area contributed by atoms with Crippen molar-refractivity contribution in [1.29, 1.82) is 0 Å². The van der Waals surface area contributed by atoms with E-state index < -0.39 is 0 Å². The maximum Gasteiger partial charge on any atom is 0.138 e. The Morgan fingerprint density at radius 1 is 1.00 bits per heavy atom. The molecule has 0 spiro atoms. The average molecular weight is 384 g/mol. The molecule has 3 heterocycles. The van der Waals surface area contributed by atoms with Crippen LogP contribution in [-0.4, -0.2) is 22.6 Å². The molecule has 0 bridgehead atoms. The number of piperidine rings is 1. The molecule has 29 heavy (non-hydrogen) atoms. The van der Waals surface area contributed by atoms with Crippen LogP contribution in [0.1, 0.15) is 41.6 Å². The van der Waals surface area contributed by atoms with E-state index in [1.165, 1.54) is 5.56 Å². The van der Waals surface area contributed by atoms with Gasteiger partial charge in [0.1, 0.15) is 11.9 Å². The Morgan fingerprint density at radius 3 is 2.72 bits per heavy atom. The van der Waals surface area contributed by atoms with Gasteiger partial charge in [-0.3, -0.25) is 0 Å². The maximum atomic E-state index is 5.86. The summed E-state index contributed by atoms with van der Waals surface area (Å²) in [6.45, 7) is 1.03. The summed E-state index contributed by atoms with van der Waals surface area (Å²) in [5, 5.41) is 8.73. The molecular formula is C24H24N4O. The molecule has 2 aromatic carbocycles. The van der Waals surface area contributed by atoms with Gasteiger partial charge in [0.05, 0.1) is 12.3 Å². The van der Waals surface area contributed by atoms with E-state index in [0.717, 1.165) is 41.5 Å². The molecule has 1 saturated heterocycles. The van der Waals surface area contributed by atoms with Crippen molar-refractivity contribution in [2.24, 2.45) is 0 Å². The van der Waals surface area contributed by atoms with E-state index in [9.17, 15) is 0 Å². The van der Waals surface area contributed by atoms with Crippen LogP contribution in [-0.2, 0) is 0 Å². The number of rotatable bonds is 5. The molecule has 146 valence electrons. The van der Waals surface area contributed by atoms with Gasteiger partial charge in [-0.1, -0.05) is 48.5 Å². The molecule has 3 unspecified atom stereocenters. The van der Waals surface area contributed by atoms with E-state index in [0.29, 0.717) is 0 Å². The van der Waals surface area contributed by atoms with Crippen molar-refractivity contribution >= 4 is 11.0 Å². The van der Waals surface area contributed by atoms with Crippen LogP contribution in [0.5, 0.6) is 0 Å². The lowest BCUT2D eigenvalue weighted by Gasteiger charge is -2.36. The largest absolute Gasteiger partial charge is 0.464 e. The fourth-order valence-corrected chi connectivity index (χ4v) is 4.36. The van der Waals surface area contributed by atoms with Crippen LogP contribution in [0.4, 0.5) is 0 Å². The summed E-state index contributed by atoms with van der Waals surface area (Å²) in [6, 6.07) is 19.5. The number of para-hydroxylation sites is 1. The van der Waals surface area contributed by atoms with Crippen LogP contribution in [0.3, 0.4) is 0 Å². The summed E-state index contributed by atoms with van der Waals surface area (Å²) >= 11 is 0. The molecule has 5 rings (SSSR count). The Bertz CT molecular complexity index is 1060. The standard InChI is InChI=1S/C24H24N4O/c1-2-6-17(7-3-1)23-21(10-5-12-27-23)28-22(19-14-25-16-26-15-19)20-9-4-8-18-11-13-29-24(18)20/h1-4,6-9,11,13-16,21-23,27-28H,5,10,12H2. The number of benzene rings is 2. The quantitative estimate of drug-likeness (QED) is 0.534. The highest BCUT2D eigenvalue weighted by atomic mass is 16.3. The molecule has 2 aromatic heterocycles. The molecular weight excluding hydrogens is 360 g/mol. The van der Waals surface area contributed by atoms with E-state index in [1.54, 1.807) is 12.6 Å². The maximum absolute atomic E-state index is 5.86. The number of aromatic nitrogens is 2. The van der Waals surface area contributed by atoms with Gasteiger partial charge in [-0.2, -0.15) is 0 Å². The minimum atomic E-state index is -0.0536. The summed E-state index contributed by atoms with van der Waals surface area (Å²) in [7, 11) is 0. The molecule has 0 radical (unpaired) electrons. The first-order valence-electron chi connectivity index (χ1n) is 10.2. The summed E-state index contributed by atoms with van der Waals surface area (Å²) < 4.78 is 5.86. The molecule has 0 amide bonds. The van der Waals surface area contributed by atoms with Crippen LogP contribution >= 0.6 is 0 Å². The Hall–Kier alpha value is -3.02. The van der Waals surface area contributed by atoms with Gasteiger partial charge in [-0.25, -0.2) is 9.97 Å². The van der Waals surface area contributed by atoms with Gasteiger partial charge in [0.15, 0.2) is 0 Å². The summed E-state index contributed by atoms with van der Waals surface area (Å²) in [5.41, 5.74) is 4.37. The fourth-order valence-electron chi connectivity index (χ4n) is 4.36. The average Bonchev–Trinajstić information content (AvgIpc) is 3.28. The van der Waals surface area contributed by atoms with Crippen molar-refractivity contribution in [2.45, 2.75) is 31.0 Å². The molecule has 4 aromatic rings. The van der Waals surface area contributed by atoms with Gasteiger partial charge in [0.25, 0.3) is 0 Å². The third kappa shape index (κ3) is 3.67. The van der Waals surface area contributed by atoms with Crippen molar-refractivity contribution in [1.82, 2.24) is 20.6 Å². The second-order valence-electron chi connectivity index (χ2n) is 7.55. The molecule has 5 heteroatoms. The second-order valence-corrected chi connectivity index (χ2v) is 7.55. The first-order valence-corrected chi connectivity index (χ1v) is 10.2. The molecule has 3 atom stereocenters. The first-order chi connectivity index (χ1) is 14.4. The zero-order chi connectivity index (χ0) is 19.5. The monoisotopic (exact) mass is 384 g/mol. The first kappa shape index (κ1) is 18.0. The lowest BCUT2D eigenvalue weighted by Crippen LogP contribution is -2.47. The van der Waals surface area contributed by atoms with Crippen molar-refractivity contribution < 1.29 is 4.42 Å². The van der Waals surface area contributed by atoms with E-state index >= 15 is 0 Å². The van der Waals surface area contributed by atoms with E-state index in [2.05, 4.69) is 69.1 Å². The normalized spacial score (nSPS) is 20.6. The zero-order valence-electron chi connectivity index (χ0n) is 16.2. The van der Waals surface area contributed by atoms with Gasteiger partial charge < -0.3 is 15.1 Å². The van der Waals surface area contributed by atoms with Crippen LogP contribution in [0.15, 0.2) is 84.0 Å². The third-order valence-corrected chi connectivity index (χ3v) is 5.73. The number of nitrogens with zero attached hydrogens (tertiary/aromatic N) is 2. The highest BCUT2D eigenvalue weighted by Gasteiger charge is 2.30. The molecule has 0 saturated carbocycles. The van der Waals surface area contributed by atoms with Gasteiger partial charge in [0, 0.05) is 41.0 Å². The van der Waals surface area contributed by atoms with E-state index in [-0.39, 0.29) is 18.1 Å². The highest BCUT2D eigenvalue weighted by Crippen LogP contribution is 2.32. The van der Waals surface area contributed by atoms with Crippen LogP contribution in [0.25, 0.3) is 11.0 Å². The van der Waals surface area contributed by atoms with Crippen molar-refractivity contribution in [2.75, 3.05) is 6.54 Å². The van der Waals surface area contributed by atoms with Crippen molar-refractivity contribution in [3.63, 3.8) is 0 Å². The molecule has 5 nitrogen and oxygen atoms in total. The zero-order valence-corrected chi connectivity index (χ0v) is 16.2. The molecule has 2 N–H and O–H groups in total. The van der Waals surface area contributed by atoms with Crippen LogP contribution < -0.4 is 10.6 Å². The second kappa shape index (κ2) is 8.15. The van der Waals surface area contributed by atoms with Gasteiger partial charge in [0.2, 0.25) is 0 Å². The Labute approximate surface area is 170 Å². The molecule has 1 aliphatic heterocycles. The number of hydrogen-bond donors (Lipinski definition) is 2. The highest BCUT2D eigenvalue weighted by molar-refractivity contribution is 5.81.